The molecule has 0 unspecified atom stereocenters. The largest absolute Gasteiger partial charge is 0.378 e. The molecule has 0 bridgehead atoms. The second-order valence-electron chi connectivity index (χ2n) is 5.11. The van der Waals surface area contributed by atoms with Gasteiger partial charge in [-0.25, -0.2) is 8.78 Å². The monoisotopic (exact) mass is 315 g/mol. The van der Waals surface area contributed by atoms with Crippen molar-refractivity contribution in [3.05, 3.63) is 35.4 Å². The molecule has 0 saturated carbocycles. The van der Waals surface area contributed by atoms with Gasteiger partial charge in [-0.3, -0.25) is 4.79 Å². The number of rotatable bonds is 5. The summed E-state index contributed by atoms with van der Waals surface area (Å²) in [5, 5.41) is 2.58. The van der Waals surface area contributed by atoms with E-state index in [1.54, 1.807) is 14.2 Å². The Kier molecular flexibility index (Phi) is 5.82. The molecule has 0 spiro atoms. The zero-order chi connectivity index (χ0) is 16.1. The van der Waals surface area contributed by atoms with Crippen LogP contribution in [0.2, 0.25) is 0 Å². The predicted molar refractivity (Wildman–Crippen MR) is 74.6 cm³/mol. The molecule has 22 heavy (non-hydrogen) atoms. The SMILES string of the molecule is CO[C@H]1[C@H](CNC(=O)c2cc(F)ccc2F)COC[C@H]1OC. The molecular formula is C15H19F2NO4. The van der Waals surface area contributed by atoms with E-state index in [9.17, 15) is 13.6 Å². The minimum atomic E-state index is -0.767. The van der Waals surface area contributed by atoms with Gasteiger partial charge in [0, 0.05) is 26.7 Å². The van der Waals surface area contributed by atoms with Crippen LogP contribution >= 0.6 is 0 Å². The van der Waals surface area contributed by atoms with Gasteiger partial charge in [0.2, 0.25) is 0 Å². The molecule has 1 fully saturated rings. The van der Waals surface area contributed by atoms with Crippen LogP contribution in [0.4, 0.5) is 8.78 Å². The zero-order valence-corrected chi connectivity index (χ0v) is 12.5. The zero-order valence-electron chi connectivity index (χ0n) is 12.5. The van der Waals surface area contributed by atoms with Gasteiger partial charge in [-0.1, -0.05) is 0 Å². The number of benzene rings is 1. The summed E-state index contributed by atoms with van der Waals surface area (Å²) < 4.78 is 42.7. The van der Waals surface area contributed by atoms with Crippen molar-refractivity contribution >= 4 is 5.91 Å². The summed E-state index contributed by atoms with van der Waals surface area (Å²) in [7, 11) is 3.12. The van der Waals surface area contributed by atoms with E-state index < -0.39 is 17.5 Å². The maximum absolute atomic E-state index is 13.5. The maximum atomic E-state index is 13.5. The summed E-state index contributed by atoms with van der Waals surface area (Å²) in [5.74, 6) is -2.24. The minimum absolute atomic E-state index is 0.135. The molecule has 1 aliphatic heterocycles. The summed E-state index contributed by atoms with van der Waals surface area (Å²) in [4.78, 5) is 12.0. The molecule has 0 aliphatic carbocycles. The Morgan fingerprint density at radius 1 is 1.32 bits per heavy atom. The van der Waals surface area contributed by atoms with Crippen LogP contribution in [0.5, 0.6) is 0 Å². The molecule has 1 N–H and O–H groups in total. The first-order chi connectivity index (χ1) is 10.6. The molecule has 0 radical (unpaired) electrons. The van der Waals surface area contributed by atoms with Gasteiger partial charge in [0.25, 0.3) is 5.91 Å². The fourth-order valence-corrected chi connectivity index (χ4v) is 2.54. The van der Waals surface area contributed by atoms with Crippen LogP contribution in [0.3, 0.4) is 0 Å². The summed E-state index contributed by atoms with van der Waals surface area (Å²) in [6.45, 7) is 1.02. The highest BCUT2D eigenvalue weighted by atomic mass is 19.1. The molecule has 122 valence electrons. The Balaban J connectivity index is 1.99. The Bertz CT molecular complexity index is 526. The fraction of sp³-hybridized carbons (Fsp3) is 0.533. The molecule has 1 aromatic rings. The molecule has 3 atom stereocenters. The van der Waals surface area contributed by atoms with Gasteiger partial charge >= 0.3 is 0 Å². The smallest absolute Gasteiger partial charge is 0.254 e. The Hall–Kier alpha value is -1.57. The van der Waals surface area contributed by atoms with E-state index in [2.05, 4.69) is 5.32 Å². The van der Waals surface area contributed by atoms with E-state index in [1.165, 1.54) is 0 Å². The van der Waals surface area contributed by atoms with Crippen molar-refractivity contribution in [2.75, 3.05) is 34.0 Å². The third kappa shape index (κ3) is 3.79. The van der Waals surface area contributed by atoms with E-state index in [-0.39, 0.29) is 30.2 Å². The van der Waals surface area contributed by atoms with Crippen LogP contribution in [-0.4, -0.2) is 52.1 Å². The molecule has 2 rings (SSSR count). The molecule has 0 aromatic heterocycles. The van der Waals surface area contributed by atoms with Crippen LogP contribution in [-0.2, 0) is 14.2 Å². The first-order valence-electron chi connectivity index (χ1n) is 6.93. The van der Waals surface area contributed by atoms with Crippen LogP contribution in [0.15, 0.2) is 18.2 Å². The minimum Gasteiger partial charge on any atom is -0.378 e. The predicted octanol–water partition coefficient (Wildman–Crippen LogP) is 1.37. The molecule has 1 aromatic carbocycles. The fourth-order valence-electron chi connectivity index (χ4n) is 2.54. The van der Waals surface area contributed by atoms with Gasteiger partial charge < -0.3 is 19.5 Å². The molecule has 7 heteroatoms. The number of ether oxygens (including phenoxy) is 3. The van der Waals surface area contributed by atoms with Gasteiger partial charge in [-0.2, -0.15) is 0 Å². The van der Waals surface area contributed by atoms with Crippen LogP contribution in [0.1, 0.15) is 10.4 Å². The van der Waals surface area contributed by atoms with Gasteiger partial charge in [0.05, 0.1) is 24.9 Å². The van der Waals surface area contributed by atoms with Crippen molar-refractivity contribution in [1.82, 2.24) is 5.32 Å². The average molecular weight is 315 g/mol. The van der Waals surface area contributed by atoms with E-state index in [0.29, 0.717) is 13.2 Å². The quantitative estimate of drug-likeness (QED) is 0.892. The summed E-state index contributed by atoms with van der Waals surface area (Å²) in [6.07, 6.45) is -0.469. The van der Waals surface area contributed by atoms with Crippen molar-refractivity contribution < 1.29 is 27.8 Å². The third-order valence-corrected chi connectivity index (χ3v) is 3.72. The molecule has 1 amide bonds. The highest BCUT2D eigenvalue weighted by Gasteiger charge is 2.34. The summed E-state index contributed by atoms with van der Waals surface area (Å²) in [6, 6.07) is 2.76. The highest BCUT2D eigenvalue weighted by Crippen LogP contribution is 2.20. The average Bonchev–Trinajstić information content (AvgIpc) is 2.54. The Labute approximate surface area is 127 Å². The van der Waals surface area contributed by atoms with Crippen LogP contribution < -0.4 is 5.32 Å². The second-order valence-corrected chi connectivity index (χ2v) is 5.11. The van der Waals surface area contributed by atoms with Crippen molar-refractivity contribution in [2.45, 2.75) is 12.2 Å². The summed E-state index contributed by atoms with van der Waals surface area (Å²) in [5.41, 5.74) is -0.325. The standard InChI is InChI=1S/C15H19F2NO4/c1-20-13-8-22-7-9(14(13)21-2)6-18-15(19)11-5-10(16)3-4-12(11)17/h3-5,9,13-14H,6-8H2,1-2H3,(H,18,19)/t9-,13-,14+/m1/s1. The normalized spacial score (nSPS) is 25.0. The van der Waals surface area contributed by atoms with Gasteiger partial charge in [0.15, 0.2) is 0 Å². The second kappa shape index (κ2) is 7.62. The number of carbonyl (C=O) groups excluding carboxylic acids is 1. The van der Waals surface area contributed by atoms with Crippen LogP contribution in [0, 0.1) is 17.6 Å². The third-order valence-electron chi connectivity index (χ3n) is 3.72. The number of hydrogen-bond acceptors (Lipinski definition) is 4. The number of hydrogen-bond donors (Lipinski definition) is 1. The van der Waals surface area contributed by atoms with Crippen molar-refractivity contribution in [3.63, 3.8) is 0 Å². The van der Waals surface area contributed by atoms with Crippen molar-refractivity contribution in [2.24, 2.45) is 5.92 Å². The van der Waals surface area contributed by atoms with Gasteiger partial charge in [0.1, 0.15) is 17.7 Å². The van der Waals surface area contributed by atoms with Crippen molar-refractivity contribution in [1.29, 1.82) is 0 Å². The van der Waals surface area contributed by atoms with E-state index >= 15 is 0 Å². The lowest BCUT2D eigenvalue weighted by Gasteiger charge is -2.36. The number of amides is 1. The van der Waals surface area contributed by atoms with E-state index in [0.717, 1.165) is 18.2 Å². The van der Waals surface area contributed by atoms with E-state index in [4.69, 9.17) is 14.2 Å². The maximum Gasteiger partial charge on any atom is 0.254 e. The van der Waals surface area contributed by atoms with Crippen molar-refractivity contribution in [3.8, 4) is 0 Å². The molecule has 5 nitrogen and oxygen atoms in total. The molecule has 1 heterocycles. The number of carbonyl (C=O) groups is 1. The molecule has 1 aliphatic rings. The highest BCUT2D eigenvalue weighted by molar-refractivity contribution is 5.94. The Morgan fingerprint density at radius 2 is 2.09 bits per heavy atom. The van der Waals surface area contributed by atoms with Gasteiger partial charge in [-0.05, 0) is 18.2 Å². The lowest BCUT2D eigenvalue weighted by atomic mass is 9.96. The first-order valence-corrected chi connectivity index (χ1v) is 6.93. The number of halogens is 2. The molecular weight excluding hydrogens is 296 g/mol. The topological polar surface area (TPSA) is 56.8 Å². The Morgan fingerprint density at radius 3 is 2.77 bits per heavy atom. The first kappa shape index (κ1) is 16.8. The lowest BCUT2D eigenvalue weighted by molar-refractivity contribution is -0.145. The van der Waals surface area contributed by atoms with Gasteiger partial charge in [-0.15, -0.1) is 0 Å². The molecule has 1 saturated heterocycles. The van der Waals surface area contributed by atoms with E-state index in [1.807, 2.05) is 0 Å². The lowest BCUT2D eigenvalue weighted by Crippen LogP contribution is -2.50. The number of nitrogens with one attached hydrogen (secondary N) is 1. The number of methoxy groups -OCH3 is 2. The van der Waals surface area contributed by atoms with Crippen LogP contribution in [0.25, 0.3) is 0 Å². The summed E-state index contributed by atoms with van der Waals surface area (Å²) >= 11 is 0.